The van der Waals surface area contributed by atoms with Crippen LogP contribution in [-0.2, 0) is 0 Å². The van der Waals surface area contributed by atoms with Gasteiger partial charge in [0.15, 0.2) is 0 Å². The van der Waals surface area contributed by atoms with Crippen LogP contribution in [0.25, 0.3) is 10.9 Å². The molecule has 20 heavy (non-hydrogen) atoms. The highest BCUT2D eigenvalue weighted by Gasteiger charge is 2.21. The molecule has 1 aliphatic heterocycles. The lowest BCUT2D eigenvalue weighted by Gasteiger charge is -2.25. The molecule has 6 nitrogen and oxygen atoms in total. The Morgan fingerprint density at radius 3 is 2.80 bits per heavy atom. The molecule has 104 valence electrons. The summed E-state index contributed by atoms with van der Waals surface area (Å²) in [7, 11) is 0. The SMILES string of the molecule is O=[N+]([O-])c1cnc2ccccc2c1NC1CCNCC1. The average molecular weight is 272 g/mol. The van der Waals surface area contributed by atoms with Gasteiger partial charge in [0.25, 0.3) is 0 Å². The maximum atomic E-state index is 11.2. The number of anilines is 1. The van der Waals surface area contributed by atoms with E-state index in [9.17, 15) is 10.1 Å². The Labute approximate surface area is 116 Å². The molecule has 0 bridgehead atoms. The Hall–Kier alpha value is -2.21. The molecule has 0 unspecified atom stereocenters. The van der Waals surface area contributed by atoms with Crippen molar-refractivity contribution >= 4 is 22.3 Å². The van der Waals surface area contributed by atoms with Crippen molar-refractivity contribution in [2.75, 3.05) is 18.4 Å². The quantitative estimate of drug-likeness (QED) is 0.662. The number of piperidine rings is 1. The van der Waals surface area contributed by atoms with Gasteiger partial charge < -0.3 is 10.6 Å². The second kappa shape index (κ2) is 5.42. The molecule has 2 aromatic rings. The van der Waals surface area contributed by atoms with Crippen LogP contribution in [0.1, 0.15) is 12.8 Å². The minimum atomic E-state index is -0.372. The molecule has 0 aliphatic carbocycles. The standard InChI is InChI=1S/C14H16N4O2/c19-18(20)13-9-16-12-4-2-1-3-11(12)14(13)17-10-5-7-15-8-6-10/h1-4,9-10,15H,5-8H2,(H,16,17). The zero-order valence-corrected chi connectivity index (χ0v) is 11.0. The minimum Gasteiger partial charge on any atom is -0.376 e. The number of pyridine rings is 1. The molecule has 3 rings (SSSR count). The van der Waals surface area contributed by atoms with E-state index in [1.165, 1.54) is 6.20 Å². The summed E-state index contributed by atoms with van der Waals surface area (Å²) < 4.78 is 0. The van der Waals surface area contributed by atoms with Gasteiger partial charge >= 0.3 is 5.69 Å². The number of nitro groups is 1. The molecule has 0 saturated carbocycles. The van der Waals surface area contributed by atoms with Gasteiger partial charge in [-0.25, -0.2) is 4.98 Å². The fourth-order valence-electron chi connectivity index (χ4n) is 2.59. The number of fused-ring (bicyclic) bond motifs is 1. The van der Waals surface area contributed by atoms with Crippen LogP contribution in [0.2, 0.25) is 0 Å². The van der Waals surface area contributed by atoms with E-state index in [2.05, 4.69) is 15.6 Å². The van der Waals surface area contributed by atoms with Gasteiger partial charge in [-0.3, -0.25) is 10.1 Å². The number of benzene rings is 1. The molecule has 0 amide bonds. The number of hydrogen-bond donors (Lipinski definition) is 2. The van der Waals surface area contributed by atoms with Crippen molar-refractivity contribution in [1.82, 2.24) is 10.3 Å². The van der Waals surface area contributed by atoms with Crippen LogP contribution in [-0.4, -0.2) is 29.0 Å². The van der Waals surface area contributed by atoms with Crippen LogP contribution in [0.5, 0.6) is 0 Å². The number of hydrogen-bond acceptors (Lipinski definition) is 5. The van der Waals surface area contributed by atoms with Gasteiger partial charge in [-0.15, -0.1) is 0 Å². The summed E-state index contributed by atoms with van der Waals surface area (Å²) in [4.78, 5) is 15.0. The predicted molar refractivity (Wildman–Crippen MR) is 77.9 cm³/mol. The topological polar surface area (TPSA) is 80.1 Å². The fraction of sp³-hybridized carbons (Fsp3) is 0.357. The van der Waals surface area contributed by atoms with Gasteiger partial charge in [0.1, 0.15) is 11.9 Å². The Bertz CT molecular complexity index is 638. The first-order valence-corrected chi connectivity index (χ1v) is 6.75. The van der Waals surface area contributed by atoms with Crippen molar-refractivity contribution in [3.63, 3.8) is 0 Å². The van der Waals surface area contributed by atoms with Gasteiger partial charge in [-0.05, 0) is 32.0 Å². The first-order valence-electron chi connectivity index (χ1n) is 6.75. The third kappa shape index (κ3) is 2.42. The zero-order chi connectivity index (χ0) is 13.9. The molecule has 1 aromatic carbocycles. The number of nitrogens with one attached hydrogen (secondary N) is 2. The van der Waals surface area contributed by atoms with Crippen LogP contribution in [0.4, 0.5) is 11.4 Å². The first-order chi connectivity index (χ1) is 9.75. The molecule has 6 heteroatoms. The summed E-state index contributed by atoms with van der Waals surface area (Å²) in [6.45, 7) is 1.88. The van der Waals surface area contributed by atoms with Gasteiger partial charge in [-0.1, -0.05) is 18.2 Å². The average Bonchev–Trinajstić information content (AvgIpc) is 2.48. The first kappa shape index (κ1) is 12.8. The molecule has 1 saturated heterocycles. The van der Waals surface area contributed by atoms with E-state index in [0.717, 1.165) is 36.8 Å². The van der Waals surface area contributed by atoms with E-state index in [4.69, 9.17) is 0 Å². The van der Waals surface area contributed by atoms with Crippen molar-refractivity contribution in [2.24, 2.45) is 0 Å². The van der Waals surface area contributed by atoms with Crippen molar-refractivity contribution in [1.29, 1.82) is 0 Å². The Kier molecular flexibility index (Phi) is 3.47. The Morgan fingerprint density at radius 1 is 1.30 bits per heavy atom. The normalized spacial score (nSPS) is 16.2. The van der Waals surface area contributed by atoms with Crippen molar-refractivity contribution in [3.05, 3.63) is 40.6 Å². The predicted octanol–water partition coefficient (Wildman–Crippen LogP) is 2.31. The second-order valence-electron chi connectivity index (χ2n) is 4.96. The van der Waals surface area contributed by atoms with Crippen molar-refractivity contribution < 1.29 is 4.92 Å². The van der Waals surface area contributed by atoms with E-state index in [0.29, 0.717) is 5.69 Å². The third-order valence-corrected chi connectivity index (χ3v) is 3.64. The van der Waals surface area contributed by atoms with Gasteiger partial charge in [0.05, 0.1) is 10.4 Å². The van der Waals surface area contributed by atoms with Gasteiger partial charge in [0.2, 0.25) is 0 Å². The van der Waals surface area contributed by atoms with Crippen molar-refractivity contribution in [2.45, 2.75) is 18.9 Å². The molecule has 1 aromatic heterocycles. The van der Waals surface area contributed by atoms with E-state index in [1.807, 2.05) is 24.3 Å². The number of para-hydroxylation sites is 1. The summed E-state index contributed by atoms with van der Waals surface area (Å²) in [5.41, 5.74) is 1.41. The molecule has 0 spiro atoms. The van der Waals surface area contributed by atoms with Gasteiger partial charge in [0, 0.05) is 11.4 Å². The van der Waals surface area contributed by atoms with Crippen LogP contribution >= 0.6 is 0 Å². The van der Waals surface area contributed by atoms with Crippen LogP contribution in [0.3, 0.4) is 0 Å². The highest BCUT2D eigenvalue weighted by atomic mass is 16.6. The molecule has 1 fully saturated rings. The lowest BCUT2D eigenvalue weighted by Crippen LogP contribution is -2.35. The minimum absolute atomic E-state index is 0.0437. The summed E-state index contributed by atoms with van der Waals surface area (Å²) >= 11 is 0. The molecule has 1 aliphatic rings. The van der Waals surface area contributed by atoms with E-state index >= 15 is 0 Å². The summed E-state index contributed by atoms with van der Waals surface area (Å²) in [5.74, 6) is 0. The van der Waals surface area contributed by atoms with Crippen LogP contribution < -0.4 is 10.6 Å². The molecular weight excluding hydrogens is 256 g/mol. The summed E-state index contributed by atoms with van der Waals surface area (Å²) in [5, 5.41) is 18.7. The lowest BCUT2D eigenvalue weighted by molar-refractivity contribution is -0.384. The van der Waals surface area contributed by atoms with E-state index < -0.39 is 0 Å². The maximum Gasteiger partial charge on any atom is 0.311 e. The largest absolute Gasteiger partial charge is 0.376 e. The zero-order valence-electron chi connectivity index (χ0n) is 11.0. The monoisotopic (exact) mass is 272 g/mol. The smallest absolute Gasteiger partial charge is 0.311 e. The third-order valence-electron chi connectivity index (χ3n) is 3.64. The second-order valence-corrected chi connectivity index (χ2v) is 4.96. The molecular formula is C14H16N4O2. The summed E-state index contributed by atoms with van der Waals surface area (Å²) in [6, 6.07) is 7.77. The Balaban J connectivity index is 2.04. The van der Waals surface area contributed by atoms with Gasteiger partial charge in [-0.2, -0.15) is 0 Å². The maximum absolute atomic E-state index is 11.2. The van der Waals surface area contributed by atoms with E-state index in [-0.39, 0.29) is 16.7 Å². The molecule has 2 N–H and O–H groups in total. The highest BCUT2D eigenvalue weighted by Crippen LogP contribution is 2.32. The van der Waals surface area contributed by atoms with Crippen molar-refractivity contribution in [3.8, 4) is 0 Å². The summed E-state index contributed by atoms with van der Waals surface area (Å²) in [6.07, 6.45) is 3.27. The number of nitrogens with zero attached hydrogens (tertiary/aromatic N) is 2. The lowest BCUT2D eigenvalue weighted by atomic mass is 10.1. The van der Waals surface area contributed by atoms with E-state index in [1.54, 1.807) is 0 Å². The molecule has 0 radical (unpaired) electrons. The Morgan fingerprint density at radius 2 is 2.05 bits per heavy atom. The van der Waals surface area contributed by atoms with Crippen LogP contribution in [0, 0.1) is 10.1 Å². The molecule has 2 heterocycles. The highest BCUT2D eigenvalue weighted by molar-refractivity contribution is 5.95. The number of rotatable bonds is 3. The van der Waals surface area contributed by atoms with Crippen LogP contribution in [0.15, 0.2) is 30.5 Å². The number of aromatic nitrogens is 1. The fourth-order valence-corrected chi connectivity index (χ4v) is 2.59. The molecule has 0 atom stereocenters.